The van der Waals surface area contributed by atoms with Crippen LogP contribution in [0.1, 0.15) is 35.3 Å². The summed E-state index contributed by atoms with van der Waals surface area (Å²) in [5.41, 5.74) is 0.626. The highest BCUT2D eigenvalue weighted by molar-refractivity contribution is 5.87. The first-order valence-electron chi connectivity index (χ1n) is 6.95. The van der Waals surface area contributed by atoms with E-state index in [-0.39, 0.29) is 30.8 Å². The molecular weight excluding hydrogens is 274 g/mol. The van der Waals surface area contributed by atoms with Crippen LogP contribution in [0.2, 0.25) is 0 Å². The van der Waals surface area contributed by atoms with Gasteiger partial charge in [0.15, 0.2) is 0 Å². The maximum absolute atomic E-state index is 12.1. The number of rotatable bonds is 4. The van der Waals surface area contributed by atoms with Crippen molar-refractivity contribution in [2.24, 2.45) is 0 Å². The largest absolute Gasteiger partial charge is 0.478 e. The molecule has 3 N–H and O–H groups in total. The Balaban J connectivity index is 1.94. The summed E-state index contributed by atoms with van der Waals surface area (Å²) in [4.78, 5) is 28.7. The molecule has 0 saturated carbocycles. The first kappa shape index (κ1) is 15.2. The third-order valence-electron chi connectivity index (χ3n) is 3.58. The number of hydrogen-bond acceptors (Lipinski definition) is 4. The van der Waals surface area contributed by atoms with Crippen LogP contribution in [-0.4, -0.2) is 51.3 Å². The quantitative estimate of drug-likeness (QED) is 0.763. The lowest BCUT2D eigenvalue weighted by Gasteiger charge is -2.34. The standard InChI is InChI=1S/C14H19N3O4/c18-9-12-3-1-2-6-17(12)14(21)16-8-11-7-10(13(19)20)4-5-15-11/h4-5,7,12,18H,1-3,6,8-9H2,(H,16,21)(H,19,20). The molecular formula is C14H19N3O4. The fourth-order valence-electron chi connectivity index (χ4n) is 2.43. The van der Waals surface area contributed by atoms with Crippen LogP contribution in [0.3, 0.4) is 0 Å². The Labute approximate surface area is 122 Å². The number of carboxylic acids is 1. The fraction of sp³-hybridized carbons (Fsp3) is 0.500. The first-order chi connectivity index (χ1) is 10.1. The maximum Gasteiger partial charge on any atom is 0.335 e. The van der Waals surface area contributed by atoms with Crippen molar-refractivity contribution in [3.63, 3.8) is 0 Å². The molecule has 1 aromatic heterocycles. The normalized spacial score (nSPS) is 18.3. The van der Waals surface area contributed by atoms with E-state index in [0.717, 1.165) is 19.3 Å². The van der Waals surface area contributed by atoms with Gasteiger partial charge in [-0.25, -0.2) is 9.59 Å². The number of urea groups is 1. The van der Waals surface area contributed by atoms with Crippen molar-refractivity contribution in [2.45, 2.75) is 31.8 Å². The molecule has 7 nitrogen and oxygen atoms in total. The van der Waals surface area contributed by atoms with Gasteiger partial charge in [-0.15, -0.1) is 0 Å². The fourth-order valence-corrected chi connectivity index (χ4v) is 2.43. The van der Waals surface area contributed by atoms with Crippen molar-refractivity contribution in [1.82, 2.24) is 15.2 Å². The topological polar surface area (TPSA) is 103 Å². The van der Waals surface area contributed by atoms with Crippen LogP contribution < -0.4 is 5.32 Å². The number of likely N-dealkylation sites (tertiary alicyclic amines) is 1. The van der Waals surface area contributed by atoms with Gasteiger partial charge in [0.1, 0.15) is 0 Å². The summed E-state index contributed by atoms with van der Waals surface area (Å²) in [6.07, 6.45) is 4.15. The zero-order valence-electron chi connectivity index (χ0n) is 11.7. The Morgan fingerprint density at radius 2 is 2.24 bits per heavy atom. The lowest BCUT2D eigenvalue weighted by Crippen LogP contribution is -2.49. The number of aromatic nitrogens is 1. The van der Waals surface area contributed by atoms with Crippen LogP contribution in [0, 0.1) is 0 Å². The second-order valence-electron chi connectivity index (χ2n) is 5.03. The molecule has 2 rings (SSSR count). The Hall–Kier alpha value is -2.15. The number of carbonyl (C=O) groups is 2. The Morgan fingerprint density at radius 1 is 1.43 bits per heavy atom. The molecule has 0 radical (unpaired) electrons. The number of nitrogens with one attached hydrogen (secondary N) is 1. The van der Waals surface area contributed by atoms with E-state index < -0.39 is 5.97 Å². The molecule has 0 aromatic carbocycles. The van der Waals surface area contributed by atoms with Crippen LogP contribution in [0.15, 0.2) is 18.3 Å². The van der Waals surface area contributed by atoms with Crippen LogP contribution in [0.4, 0.5) is 4.79 Å². The van der Waals surface area contributed by atoms with Gasteiger partial charge < -0.3 is 20.4 Å². The van der Waals surface area contributed by atoms with E-state index in [0.29, 0.717) is 12.2 Å². The first-order valence-corrected chi connectivity index (χ1v) is 6.95. The van der Waals surface area contributed by atoms with E-state index in [1.165, 1.54) is 18.3 Å². The van der Waals surface area contributed by atoms with Crippen molar-refractivity contribution in [2.75, 3.05) is 13.2 Å². The molecule has 0 aliphatic carbocycles. The number of hydrogen-bond donors (Lipinski definition) is 3. The van der Waals surface area contributed by atoms with E-state index in [9.17, 15) is 14.7 Å². The average Bonchev–Trinajstić information content (AvgIpc) is 2.52. The molecule has 1 aliphatic rings. The lowest BCUT2D eigenvalue weighted by atomic mass is 10.0. The highest BCUT2D eigenvalue weighted by atomic mass is 16.4. The van der Waals surface area contributed by atoms with Gasteiger partial charge in [-0.3, -0.25) is 4.98 Å². The van der Waals surface area contributed by atoms with Gasteiger partial charge in [-0.05, 0) is 31.4 Å². The second-order valence-corrected chi connectivity index (χ2v) is 5.03. The van der Waals surface area contributed by atoms with Gasteiger partial charge >= 0.3 is 12.0 Å². The molecule has 2 heterocycles. The van der Waals surface area contributed by atoms with E-state index in [1.54, 1.807) is 4.90 Å². The highest BCUT2D eigenvalue weighted by Gasteiger charge is 2.25. The molecule has 1 aromatic rings. The van der Waals surface area contributed by atoms with E-state index in [2.05, 4.69) is 10.3 Å². The average molecular weight is 293 g/mol. The number of nitrogens with zero attached hydrogens (tertiary/aromatic N) is 2. The van der Waals surface area contributed by atoms with Gasteiger partial charge in [-0.2, -0.15) is 0 Å². The molecule has 1 atom stereocenters. The number of pyridine rings is 1. The smallest absolute Gasteiger partial charge is 0.335 e. The molecule has 114 valence electrons. The van der Waals surface area contributed by atoms with Gasteiger partial charge in [0.25, 0.3) is 0 Å². The molecule has 2 amide bonds. The summed E-state index contributed by atoms with van der Waals surface area (Å²) in [6.45, 7) is 0.744. The van der Waals surface area contributed by atoms with E-state index in [4.69, 9.17) is 5.11 Å². The van der Waals surface area contributed by atoms with Crippen LogP contribution in [0.25, 0.3) is 0 Å². The minimum atomic E-state index is -1.03. The predicted octanol–water partition coefficient (Wildman–Crippen LogP) is 0.836. The number of carboxylic acid groups (broad SMARTS) is 1. The van der Waals surface area contributed by atoms with E-state index >= 15 is 0 Å². The van der Waals surface area contributed by atoms with Gasteiger partial charge in [0.05, 0.1) is 30.5 Å². The Bertz CT molecular complexity index is 521. The number of carbonyl (C=O) groups excluding carboxylic acids is 1. The Morgan fingerprint density at radius 3 is 2.95 bits per heavy atom. The number of amides is 2. The van der Waals surface area contributed by atoms with Gasteiger partial charge in [-0.1, -0.05) is 0 Å². The number of piperidine rings is 1. The second kappa shape index (κ2) is 7.03. The summed E-state index contributed by atoms with van der Waals surface area (Å²) in [6, 6.07) is 2.44. The summed E-state index contributed by atoms with van der Waals surface area (Å²) in [5, 5.41) is 20.9. The summed E-state index contributed by atoms with van der Waals surface area (Å²) < 4.78 is 0. The van der Waals surface area contributed by atoms with Crippen molar-refractivity contribution < 1.29 is 19.8 Å². The van der Waals surface area contributed by atoms with Gasteiger partial charge in [0.2, 0.25) is 0 Å². The number of aliphatic hydroxyl groups excluding tert-OH is 1. The van der Waals surface area contributed by atoms with Crippen LogP contribution in [-0.2, 0) is 6.54 Å². The van der Waals surface area contributed by atoms with Crippen molar-refractivity contribution >= 4 is 12.0 Å². The van der Waals surface area contributed by atoms with Crippen molar-refractivity contribution in [3.05, 3.63) is 29.6 Å². The summed E-state index contributed by atoms with van der Waals surface area (Å²) in [5.74, 6) is -1.03. The maximum atomic E-state index is 12.1. The highest BCUT2D eigenvalue weighted by Crippen LogP contribution is 2.16. The number of aliphatic hydroxyl groups is 1. The lowest BCUT2D eigenvalue weighted by molar-refractivity contribution is 0.0696. The van der Waals surface area contributed by atoms with Crippen molar-refractivity contribution in [1.29, 1.82) is 0 Å². The minimum absolute atomic E-state index is 0.0415. The SMILES string of the molecule is O=C(O)c1ccnc(CNC(=O)N2CCCCC2CO)c1. The molecule has 7 heteroatoms. The zero-order chi connectivity index (χ0) is 15.2. The molecule has 0 spiro atoms. The van der Waals surface area contributed by atoms with Crippen molar-refractivity contribution in [3.8, 4) is 0 Å². The van der Waals surface area contributed by atoms with Crippen LogP contribution >= 0.6 is 0 Å². The monoisotopic (exact) mass is 293 g/mol. The molecule has 21 heavy (non-hydrogen) atoms. The summed E-state index contributed by atoms with van der Waals surface area (Å²) in [7, 11) is 0. The third kappa shape index (κ3) is 3.91. The Kier molecular flexibility index (Phi) is 5.10. The molecule has 1 unspecified atom stereocenters. The zero-order valence-corrected chi connectivity index (χ0v) is 11.7. The molecule has 1 aliphatic heterocycles. The summed E-state index contributed by atoms with van der Waals surface area (Å²) >= 11 is 0. The predicted molar refractivity (Wildman–Crippen MR) is 74.9 cm³/mol. The van der Waals surface area contributed by atoms with Gasteiger partial charge in [0, 0.05) is 12.7 Å². The molecule has 1 fully saturated rings. The third-order valence-corrected chi connectivity index (χ3v) is 3.58. The molecule has 1 saturated heterocycles. The number of aromatic carboxylic acids is 1. The molecule has 0 bridgehead atoms. The van der Waals surface area contributed by atoms with Crippen LogP contribution in [0.5, 0.6) is 0 Å². The minimum Gasteiger partial charge on any atom is -0.478 e. The van der Waals surface area contributed by atoms with E-state index in [1.807, 2.05) is 0 Å².